The fraction of sp³-hybridized carbons (Fsp3) is 0.524. The highest BCUT2D eigenvalue weighted by Gasteiger charge is 2.67. The number of ether oxygens (including phenoxy) is 3. The van der Waals surface area contributed by atoms with Crippen molar-refractivity contribution in [1.82, 2.24) is 9.80 Å². The summed E-state index contributed by atoms with van der Waals surface area (Å²) in [5, 5.41) is 0. The first-order valence-electron chi connectivity index (χ1n) is 9.52. The minimum Gasteiger partial charge on any atom is -0.497 e. The van der Waals surface area contributed by atoms with Crippen LogP contribution in [-0.4, -0.2) is 74.3 Å². The lowest BCUT2D eigenvalue weighted by Crippen LogP contribution is -2.45. The first kappa shape index (κ1) is 19.0. The number of fused-ring (bicyclic) bond motifs is 1. The highest BCUT2D eigenvalue weighted by atomic mass is 16.5. The van der Waals surface area contributed by atoms with E-state index in [9.17, 15) is 9.59 Å². The van der Waals surface area contributed by atoms with Crippen molar-refractivity contribution in [2.24, 2.45) is 11.8 Å². The SMILES string of the molecule is COCCN(C)C(=O)[C@H]1[C@@H]2C=C[C@@]3(CN(Cc4cccc(OC)c4)C(=O)[C@H]13)O2. The van der Waals surface area contributed by atoms with Crippen molar-refractivity contribution in [2.45, 2.75) is 18.2 Å². The van der Waals surface area contributed by atoms with E-state index in [1.165, 1.54) is 0 Å². The van der Waals surface area contributed by atoms with Crippen LogP contribution in [0.2, 0.25) is 0 Å². The zero-order valence-corrected chi connectivity index (χ0v) is 16.5. The van der Waals surface area contributed by atoms with E-state index < -0.39 is 17.4 Å². The molecule has 2 amide bonds. The molecule has 150 valence electrons. The van der Waals surface area contributed by atoms with Gasteiger partial charge in [0.15, 0.2) is 0 Å². The molecule has 3 heterocycles. The van der Waals surface area contributed by atoms with Crippen LogP contribution in [0.25, 0.3) is 0 Å². The molecule has 2 fully saturated rings. The van der Waals surface area contributed by atoms with Gasteiger partial charge in [0.2, 0.25) is 11.8 Å². The van der Waals surface area contributed by atoms with E-state index in [-0.39, 0.29) is 17.9 Å². The van der Waals surface area contributed by atoms with Gasteiger partial charge < -0.3 is 24.0 Å². The second kappa shape index (κ2) is 7.22. The van der Waals surface area contributed by atoms with Gasteiger partial charge in [-0.05, 0) is 17.7 Å². The lowest BCUT2D eigenvalue weighted by molar-refractivity contribution is -0.142. The maximum Gasteiger partial charge on any atom is 0.230 e. The van der Waals surface area contributed by atoms with Gasteiger partial charge >= 0.3 is 0 Å². The van der Waals surface area contributed by atoms with E-state index in [4.69, 9.17) is 14.2 Å². The Morgan fingerprint density at radius 3 is 2.96 bits per heavy atom. The summed E-state index contributed by atoms with van der Waals surface area (Å²) >= 11 is 0. The average molecular weight is 386 g/mol. The molecule has 1 aromatic rings. The molecular formula is C21H26N2O5. The smallest absolute Gasteiger partial charge is 0.230 e. The van der Waals surface area contributed by atoms with Gasteiger partial charge in [-0.15, -0.1) is 0 Å². The average Bonchev–Trinajstić information content (AvgIpc) is 3.34. The third-order valence-corrected chi connectivity index (χ3v) is 5.98. The van der Waals surface area contributed by atoms with Crippen molar-refractivity contribution in [3.63, 3.8) is 0 Å². The number of benzene rings is 1. The standard InChI is InChI=1S/C21H26N2O5/c1-22(9-10-26-2)19(24)17-16-7-8-21(28-16)13-23(20(25)18(17)21)12-14-5-4-6-15(11-14)27-3/h4-8,11,16-18H,9-10,12-13H2,1-3H3/t16-,17-,18-,21-/m0/s1. The zero-order valence-electron chi connectivity index (χ0n) is 16.5. The van der Waals surface area contributed by atoms with Gasteiger partial charge in [0, 0.05) is 27.2 Å². The molecule has 3 aliphatic heterocycles. The summed E-state index contributed by atoms with van der Waals surface area (Å²) in [5.41, 5.74) is 0.297. The summed E-state index contributed by atoms with van der Waals surface area (Å²) in [7, 11) is 4.97. The molecule has 0 unspecified atom stereocenters. The highest BCUT2D eigenvalue weighted by Crippen LogP contribution is 2.52. The number of methoxy groups -OCH3 is 2. The third-order valence-electron chi connectivity index (χ3n) is 5.98. The van der Waals surface area contributed by atoms with Crippen LogP contribution in [0.1, 0.15) is 5.56 Å². The van der Waals surface area contributed by atoms with Crippen molar-refractivity contribution in [1.29, 1.82) is 0 Å². The van der Waals surface area contributed by atoms with Gasteiger partial charge in [-0.3, -0.25) is 9.59 Å². The number of rotatable bonds is 7. The van der Waals surface area contributed by atoms with Gasteiger partial charge in [0.1, 0.15) is 11.4 Å². The second-order valence-electron chi connectivity index (χ2n) is 7.70. The van der Waals surface area contributed by atoms with E-state index in [2.05, 4.69) is 0 Å². The number of amides is 2. The second-order valence-corrected chi connectivity index (χ2v) is 7.70. The quantitative estimate of drug-likeness (QED) is 0.656. The molecule has 2 bridgehead atoms. The maximum atomic E-state index is 13.3. The predicted molar refractivity (Wildman–Crippen MR) is 102 cm³/mol. The Morgan fingerprint density at radius 1 is 1.39 bits per heavy atom. The third kappa shape index (κ3) is 2.99. The number of nitrogens with zero attached hydrogens (tertiary/aromatic N) is 2. The van der Waals surface area contributed by atoms with Crippen molar-refractivity contribution >= 4 is 11.8 Å². The van der Waals surface area contributed by atoms with Crippen molar-refractivity contribution in [3.05, 3.63) is 42.0 Å². The summed E-state index contributed by atoms with van der Waals surface area (Å²) in [6, 6.07) is 7.68. The maximum absolute atomic E-state index is 13.3. The Balaban J connectivity index is 1.54. The Kier molecular flexibility index (Phi) is 4.89. The van der Waals surface area contributed by atoms with Gasteiger partial charge in [0.25, 0.3) is 0 Å². The lowest BCUT2D eigenvalue weighted by atomic mass is 9.76. The first-order chi connectivity index (χ1) is 13.5. The van der Waals surface area contributed by atoms with E-state index >= 15 is 0 Å². The molecule has 1 spiro atoms. The molecule has 7 nitrogen and oxygen atoms in total. The number of carbonyl (C=O) groups is 2. The van der Waals surface area contributed by atoms with Crippen LogP contribution in [0, 0.1) is 11.8 Å². The number of hydrogen-bond donors (Lipinski definition) is 0. The molecule has 7 heteroatoms. The molecule has 1 aromatic carbocycles. The zero-order chi connectivity index (χ0) is 19.9. The molecule has 28 heavy (non-hydrogen) atoms. The van der Waals surface area contributed by atoms with E-state index in [0.717, 1.165) is 11.3 Å². The van der Waals surface area contributed by atoms with Crippen LogP contribution in [0.3, 0.4) is 0 Å². The predicted octanol–water partition coefficient (Wildman–Crippen LogP) is 1.08. The largest absolute Gasteiger partial charge is 0.497 e. The van der Waals surface area contributed by atoms with Crippen LogP contribution >= 0.6 is 0 Å². The molecule has 4 rings (SSSR count). The summed E-state index contributed by atoms with van der Waals surface area (Å²) in [6.07, 6.45) is 3.58. The summed E-state index contributed by atoms with van der Waals surface area (Å²) in [5.74, 6) is -0.268. The number of likely N-dealkylation sites (N-methyl/N-ethyl adjacent to an activating group) is 1. The molecule has 3 aliphatic rings. The first-order valence-corrected chi connectivity index (χ1v) is 9.52. The van der Waals surface area contributed by atoms with Gasteiger partial charge in [-0.1, -0.05) is 24.3 Å². The van der Waals surface area contributed by atoms with Crippen LogP contribution < -0.4 is 4.74 Å². The van der Waals surface area contributed by atoms with Crippen molar-refractivity contribution in [3.8, 4) is 5.75 Å². The number of likely N-dealkylation sites (tertiary alicyclic amines) is 1. The highest BCUT2D eigenvalue weighted by molar-refractivity contribution is 5.93. The normalized spacial score (nSPS) is 30.0. The lowest BCUT2D eigenvalue weighted by Gasteiger charge is -2.27. The van der Waals surface area contributed by atoms with E-state index in [1.807, 2.05) is 36.4 Å². The van der Waals surface area contributed by atoms with Crippen LogP contribution in [0.4, 0.5) is 0 Å². The molecule has 0 aromatic heterocycles. The monoisotopic (exact) mass is 386 g/mol. The van der Waals surface area contributed by atoms with Crippen molar-refractivity contribution < 1.29 is 23.8 Å². The number of hydrogen-bond acceptors (Lipinski definition) is 5. The van der Waals surface area contributed by atoms with Gasteiger partial charge in [0.05, 0.1) is 38.2 Å². The molecular weight excluding hydrogens is 360 g/mol. The molecule has 0 saturated carbocycles. The number of carbonyl (C=O) groups excluding carboxylic acids is 2. The fourth-order valence-corrected chi connectivity index (χ4v) is 4.58. The topological polar surface area (TPSA) is 68.3 Å². The Hall–Kier alpha value is -2.38. The van der Waals surface area contributed by atoms with E-state index in [0.29, 0.717) is 26.2 Å². The minimum atomic E-state index is -0.691. The van der Waals surface area contributed by atoms with Crippen LogP contribution in [-0.2, 0) is 25.6 Å². The van der Waals surface area contributed by atoms with Gasteiger partial charge in [-0.2, -0.15) is 0 Å². The minimum absolute atomic E-state index is 0.0202. The summed E-state index contributed by atoms with van der Waals surface area (Å²) in [4.78, 5) is 29.7. The van der Waals surface area contributed by atoms with E-state index in [1.54, 1.807) is 31.1 Å². The molecule has 0 radical (unpaired) electrons. The summed E-state index contributed by atoms with van der Waals surface area (Å²) < 4.78 is 16.5. The Morgan fingerprint density at radius 2 is 2.21 bits per heavy atom. The summed E-state index contributed by atoms with van der Waals surface area (Å²) in [6.45, 7) is 1.88. The van der Waals surface area contributed by atoms with Crippen LogP contribution in [0.15, 0.2) is 36.4 Å². The molecule has 0 aliphatic carbocycles. The van der Waals surface area contributed by atoms with Gasteiger partial charge in [-0.25, -0.2) is 0 Å². The Labute approximate surface area is 164 Å². The molecule has 2 saturated heterocycles. The van der Waals surface area contributed by atoms with Crippen LogP contribution in [0.5, 0.6) is 5.75 Å². The molecule has 0 N–H and O–H groups in total. The fourth-order valence-electron chi connectivity index (χ4n) is 4.58. The molecule has 4 atom stereocenters. The Bertz CT molecular complexity index is 810. The van der Waals surface area contributed by atoms with Crippen molar-refractivity contribution in [2.75, 3.05) is 41.0 Å².